The third-order valence-electron chi connectivity index (χ3n) is 5.55. The topological polar surface area (TPSA) is 80.1 Å². The zero-order valence-electron chi connectivity index (χ0n) is 18.4. The summed E-state index contributed by atoms with van der Waals surface area (Å²) in [6, 6.07) is 27.1. The fourth-order valence-electron chi connectivity index (χ4n) is 3.92. The monoisotopic (exact) mass is 469 g/mol. The SMILES string of the molecule is O=C(CSc1nnc(-c2ccccc2)n1-c1ccccc1)Nc1ccc(N2CCCC2=O)cc1. The largest absolute Gasteiger partial charge is 0.325 e. The van der Waals surface area contributed by atoms with Gasteiger partial charge in [-0.1, -0.05) is 60.3 Å². The van der Waals surface area contributed by atoms with Gasteiger partial charge < -0.3 is 10.2 Å². The molecule has 3 aromatic carbocycles. The summed E-state index contributed by atoms with van der Waals surface area (Å²) in [4.78, 5) is 26.3. The van der Waals surface area contributed by atoms with Crippen LogP contribution in [0.5, 0.6) is 0 Å². The summed E-state index contributed by atoms with van der Waals surface area (Å²) >= 11 is 1.33. The number of amides is 2. The van der Waals surface area contributed by atoms with Crippen LogP contribution in [0.4, 0.5) is 11.4 Å². The van der Waals surface area contributed by atoms with Crippen LogP contribution in [0.3, 0.4) is 0 Å². The van der Waals surface area contributed by atoms with E-state index in [-0.39, 0.29) is 17.6 Å². The van der Waals surface area contributed by atoms with E-state index in [2.05, 4.69) is 15.5 Å². The van der Waals surface area contributed by atoms with E-state index in [0.717, 1.165) is 35.7 Å². The Morgan fingerprint density at radius 1 is 0.882 bits per heavy atom. The second kappa shape index (κ2) is 9.93. The highest BCUT2D eigenvalue weighted by molar-refractivity contribution is 7.99. The Labute approximate surface area is 201 Å². The second-order valence-corrected chi connectivity index (χ2v) is 8.82. The average molecular weight is 470 g/mol. The Morgan fingerprint density at radius 2 is 1.59 bits per heavy atom. The molecule has 0 radical (unpaired) electrons. The number of thioether (sulfide) groups is 1. The highest BCUT2D eigenvalue weighted by atomic mass is 32.2. The molecule has 1 aliphatic rings. The Balaban J connectivity index is 1.29. The molecule has 8 heteroatoms. The molecule has 0 bridgehead atoms. The molecular formula is C26H23N5O2S. The average Bonchev–Trinajstić information content (AvgIpc) is 3.50. The molecule has 2 amide bonds. The molecule has 0 aliphatic carbocycles. The third-order valence-corrected chi connectivity index (χ3v) is 6.48. The Bertz CT molecular complexity index is 1290. The van der Waals surface area contributed by atoms with Gasteiger partial charge in [0.25, 0.3) is 0 Å². The van der Waals surface area contributed by atoms with Gasteiger partial charge in [-0.05, 0) is 42.8 Å². The number of benzene rings is 3. The molecule has 1 N–H and O–H groups in total. The molecule has 0 atom stereocenters. The van der Waals surface area contributed by atoms with Crippen LogP contribution in [0.25, 0.3) is 17.1 Å². The quantitative estimate of drug-likeness (QED) is 0.394. The predicted molar refractivity (Wildman–Crippen MR) is 134 cm³/mol. The van der Waals surface area contributed by atoms with E-state index in [4.69, 9.17) is 0 Å². The summed E-state index contributed by atoms with van der Waals surface area (Å²) in [7, 11) is 0. The molecule has 7 nitrogen and oxygen atoms in total. The number of nitrogens with zero attached hydrogens (tertiary/aromatic N) is 4. The molecular weight excluding hydrogens is 446 g/mol. The summed E-state index contributed by atoms with van der Waals surface area (Å²) in [5.74, 6) is 0.915. The number of carbonyl (C=O) groups is 2. The second-order valence-electron chi connectivity index (χ2n) is 7.88. The van der Waals surface area contributed by atoms with Crippen molar-refractivity contribution in [3.8, 4) is 17.1 Å². The number of carbonyl (C=O) groups excluding carboxylic acids is 2. The normalized spacial score (nSPS) is 13.3. The first kappa shape index (κ1) is 21.9. The van der Waals surface area contributed by atoms with Crippen molar-refractivity contribution in [2.24, 2.45) is 0 Å². The highest BCUT2D eigenvalue weighted by Crippen LogP contribution is 2.28. The molecule has 2 heterocycles. The van der Waals surface area contributed by atoms with Gasteiger partial charge in [-0.25, -0.2) is 0 Å². The number of hydrogen-bond acceptors (Lipinski definition) is 5. The zero-order valence-corrected chi connectivity index (χ0v) is 19.2. The van der Waals surface area contributed by atoms with E-state index in [9.17, 15) is 9.59 Å². The van der Waals surface area contributed by atoms with Crippen LogP contribution in [0, 0.1) is 0 Å². The van der Waals surface area contributed by atoms with Gasteiger partial charge in [-0.15, -0.1) is 10.2 Å². The van der Waals surface area contributed by atoms with Crippen LogP contribution in [-0.2, 0) is 9.59 Å². The van der Waals surface area contributed by atoms with Crippen LogP contribution in [0.15, 0.2) is 90.1 Å². The summed E-state index contributed by atoms with van der Waals surface area (Å²) in [5.41, 5.74) is 3.43. The Hall–Kier alpha value is -3.91. The molecule has 1 aromatic heterocycles. The first-order valence-electron chi connectivity index (χ1n) is 11.1. The van der Waals surface area contributed by atoms with Crippen molar-refractivity contribution >= 4 is 35.0 Å². The molecule has 1 fully saturated rings. The summed E-state index contributed by atoms with van der Waals surface area (Å²) < 4.78 is 1.97. The zero-order chi connectivity index (χ0) is 23.3. The number of rotatable bonds is 7. The lowest BCUT2D eigenvalue weighted by atomic mass is 10.2. The predicted octanol–water partition coefficient (Wildman–Crippen LogP) is 4.79. The molecule has 34 heavy (non-hydrogen) atoms. The van der Waals surface area contributed by atoms with E-state index < -0.39 is 0 Å². The lowest BCUT2D eigenvalue weighted by molar-refractivity contribution is -0.117. The van der Waals surface area contributed by atoms with Crippen molar-refractivity contribution in [3.05, 3.63) is 84.9 Å². The van der Waals surface area contributed by atoms with Gasteiger partial charge in [-0.3, -0.25) is 14.2 Å². The Morgan fingerprint density at radius 3 is 2.26 bits per heavy atom. The molecule has 0 unspecified atom stereocenters. The van der Waals surface area contributed by atoms with Gasteiger partial charge in [-0.2, -0.15) is 0 Å². The maximum Gasteiger partial charge on any atom is 0.234 e. The van der Waals surface area contributed by atoms with Crippen molar-refractivity contribution < 1.29 is 9.59 Å². The summed E-state index contributed by atoms with van der Waals surface area (Å²) in [6.45, 7) is 0.744. The maximum atomic E-state index is 12.6. The van der Waals surface area contributed by atoms with Crippen LogP contribution >= 0.6 is 11.8 Å². The first-order valence-corrected chi connectivity index (χ1v) is 12.1. The summed E-state index contributed by atoms with van der Waals surface area (Å²) in [5, 5.41) is 12.3. The van der Waals surface area contributed by atoms with Gasteiger partial charge >= 0.3 is 0 Å². The van der Waals surface area contributed by atoms with Gasteiger partial charge in [0.05, 0.1) is 5.75 Å². The smallest absolute Gasteiger partial charge is 0.234 e. The van der Waals surface area contributed by atoms with E-state index in [1.54, 1.807) is 4.90 Å². The van der Waals surface area contributed by atoms with E-state index in [1.165, 1.54) is 11.8 Å². The van der Waals surface area contributed by atoms with Crippen LogP contribution in [0.2, 0.25) is 0 Å². The molecule has 5 rings (SSSR count). The molecule has 0 spiro atoms. The minimum absolute atomic E-state index is 0.140. The highest BCUT2D eigenvalue weighted by Gasteiger charge is 2.21. The van der Waals surface area contributed by atoms with E-state index in [0.29, 0.717) is 17.3 Å². The van der Waals surface area contributed by atoms with Gasteiger partial charge in [0.2, 0.25) is 11.8 Å². The van der Waals surface area contributed by atoms with E-state index in [1.807, 2.05) is 89.5 Å². The molecule has 4 aromatic rings. The number of anilines is 2. The summed E-state index contributed by atoms with van der Waals surface area (Å²) in [6.07, 6.45) is 1.48. The molecule has 1 aliphatic heterocycles. The number of nitrogens with one attached hydrogen (secondary N) is 1. The van der Waals surface area contributed by atoms with Crippen LogP contribution in [0.1, 0.15) is 12.8 Å². The minimum Gasteiger partial charge on any atom is -0.325 e. The Kier molecular flexibility index (Phi) is 6.40. The lowest BCUT2D eigenvalue weighted by Gasteiger charge is -2.16. The van der Waals surface area contributed by atoms with Crippen molar-refractivity contribution in [1.82, 2.24) is 14.8 Å². The number of hydrogen-bond donors (Lipinski definition) is 1. The standard InChI is InChI=1S/C26H23N5O2S/c32-23(27-20-13-15-21(16-14-20)30-17-7-12-24(30)33)18-34-26-29-28-25(19-8-3-1-4-9-19)31(26)22-10-5-2-6-11-22/h1-6,8-11,13-16H,7,12,17-18H2,(H,27,32). The molecule has 0 saturated carbocycles. The van der Waals surface area contributed by atoms with Crippen LogP contribution < -0.4 is 10.2 Å². The molecule has 1 saturated heterocycles. The van der Waals surface area contributed by atoms with Gasteiger partial charge in [0, 0.05) is 35.6 Å². The van der Waals surface area contributed by atoms with Gasteiger partial charge in [0.1, 0.15) is 0 Å². The first-order chi connectivity index (χ1) is 16.7. The van der Waals surface area contributed by atoms with Crippen LogP contribution in [-0.4, -0.2) is 38.9 Å². The van der Waals surface area contributed by atoms with Gasteiger partial charge in [0.15, 0.2) is 11.0 Å². The maximum absolute atomic E-state index is 12.6. The number of aromatic nitrogens is 3. The third kappa shape index (κ3) is 4.72. The van der Waals surface area contributed by atoms with Crippen molar-refractivity contribution in [1.29, 1.82) is 0 Å². The van der Waals surface area contributed by atoms with Crippen molar-refractivity contribution in [2.75, 3.05) is 22.5 Å². The number of para-hydroxylation sites is 1. The molecule has 170 valence electrons. The fourth-order valence-corrected chi connectivity index (χ4v) is 4.67. The minimum atomic E-state index is -0.140. The fraction of sp³-hybridized carbons (Fsp3) is 0.154. The van der Waals surface area contributed by atoms with E-state index >= 15 is 0 Å². The van der Waals surface area contributed by atoms with Crippen molar-refractivity contribution in [3.63, 3.8) is 0 Å². The lowest BCUT2D eigenvalue weighted by Crippen LogP contribution is -2.23. The van der Waals surface area contributed by atoms with Crippen molar-refractivity contribution in [2.45, 2.75) is 18.0 Å².